The fourth-order valence-electron chi connectivity index (χ4n) is 3.09. The van der Waals surface area contributed by atoms with Crippen molar-refractivity contribution in [3.63, 3.8) is 0 Å². The zero-order valence-electron chi connectivity index (χ0n) is 17.9. The van der Waals surface area contributed by atoms with Crippen LogP contribution < -0.4 is 20.3 Å². The molecule has 34 heavy (non-hydrogen) atoms. The number of hydrogen-bond donors (Lipinski definition) is 1. The lowest BCUT2D eigenvalue weighted by molar-refractivity contribution is -0.112. The first-order valence-corrected chi connectivity index (χ1v) is 10.4. The normalized spacial score (nSPS) is 11.0. The van der Waals surface area contributed by atoms with Gasteiger partial charge in [-0.25, -0.2) is 0 Å². The quantitative estimate of drug-likeness (QED) is 0.322. The number of fused-ring (bicyclic) bond motifs is 1. The van der Waals surface area contributed by atoms with Crippen LogP contribution in [0.25, 0.3) is 11.7 Å². The molecule has 4 rings (SSSR count). The SMILES string of the molecule is COc1cccc(NC(=O)/C(C#N)=C\c2c(Oc3ccc(Cl)cc3)nc3ccccn3c2=O)c1. The van der Waals surface area contributed by atoms with E-state index >= 15 is 0 Å². The Morgan fingerprint density at radius 1 is 1.12 bits per heavy atom. The summed E-state index contributed by atoms with van der Waals surface area (Å²) in [5.74, 6) is 0.160. The molecule has 9 heteroatoms. The van der Waals surface area contributed by atoms with Gasteiger partial charge in [0.05, 0.1) is 7.11 Å². The first-order valence-electron chi connectivity index (χ1n) is 10.0. The van der Waals surface area contributed by atoms with Crippen molar-refractivity contribution in [2.75, 3.05) is 12.4 Å². The summed E-state index contributed by atoms with van der Waals surface area (Å²) in [7, 11) is 1.50. The molecule has 0 atom stereocenters. The summed E-state index contributed by atoms with van der Waals surface area (Å²) in [6.07, 6.45) is 2.70. The van der Waals surface area contributed by atoms with Crippen molar-refractivity contribution in [3.05, 3.63) is 99.4 Å². The molecule has 168 valence electrons. The van der Waals surface area contributed by atoms with E-state index in [4.69, 9.17) is 21.1 Å². The zero-order valence-corrected chi connectivity index (χ0v) is 18.6. The van der Waals surface area contributed by atoms with E-state index in [1.807, 2.05) is 6.07 Å². The first-order chi connectivity index (χ1) is 16.5. The maximum atomic E-state index is 13.2. The van der Waals surface area contributed by atoms with Gasteiger partial charge >= 0.3 is 0 Å². The zero-order chi connectivity index (χ0) is 24.1. The minimum atomic E-state index is -0.703. The number of pyridine rings is 1. The molecule has 1 amide bonds. The number of nitriles is 1. The summed E-state index contributed by atoms with van der Waals surface area (Å²) in [6.45, 7) is 0. The summed E-state index contributed by atoms with van der Waals surface area (Å²) >= 11 is 5.93. The highest BCUT2D eigenvalue weighted by Crippen LogP contribution is 2.25. The molecule has 0 unspecified atom stereocenters. The standard InChI is InChI=1S/C25H17ClN4O4/c1-33-20-6-4-5-18(14-20)28-23(31)16(15-27)13-21-24(34-19-10-8-17(26)9-11-19)29-22-7-2-3-12-30(22)25(21)32/h2-14H,1H3,(H,28,31)/b16-13-. The third kappa shape index (κ3) is 4.90. The van der Waals surface area contributed by atoms with Crippen molar-refractivity contribution in [1.82, 2.24) is 9.38 Å². The van der Waals surface area contributed by atoms with E-state index in [0.29, 0.717) is 27.9 Å². The first kappa shape index (κ1) is 22.6. The van der Waals surface area contributed by atoms with Crippen LogP contribution in [0.15, 0.2) is 83.3 Å². The van der Waals surface area contributed by atoms with E-state index < -0.39 is 11.5 Å². The van der Waals surface area contributed by atoms with Gasteiger partial charge in [-0.05, 0) is 54.6 Å². The third-order valence-corrected chi connectivity index (χ3v) is 5.00. The summed E-state index contributed by atoms with van der Waals surface area (Å²) < 4.78 is 12.3. The van der Waals surface area contributed by atoms with E-state index in [-0.39, 0.29) is 17.0 Å². The van der Waals surface area contributed by atoms with Gasteiger partial charge in [0.25, 0.3) is 11.5 Å². The van der Waals surface area contributed by atoms with Crippen molar-refractivity contribution in [3.8, 4) is 23.4 Å². The number of nitrogens with zero attached hydrogens (tertiary/aromatic N) is 3. The number of rotatable bonds is 6. The maximum Gasteiger partial charge on any atom is 0.269 e. The second-order valence-corrected chi connectivity index (χ2v) is 7.41. The second kappa shape index (κ2) is 9.90. The lowest BCUT2D eigenvalue weighted by Crippen LogP contribution is -2.20. The number of benzene rings is 2. The minimum Gasteiger partial charge on any atom is -0.497 e. The van der Waals surface area contributed by atoms with Gasteiger partial charge < -0.3 is 14.8 Å². The van der Waals surface area contributed by atoms with Crippen LogP contribution in [0, 0.1) is 11.3 Å². The van der Waals surface area contributed by atoms with Gasteiger partial charge in [0.1, 0.15) is 34.4 Å². The van der Waals surface area contributed by atoms with Crippen LogP contribution in [0.4, 0.5) is 5.69 Å². The molecule has 0 fully saturated rings. The van der Waals surface area contributed by atoms with Crippen molar-refractivity contribution in [2.45, 2.75) is 0 Å². The van der Waals surface area contributed by atoms with Gasteiger partial charge in [0.2, 0.25) is 5.88 Å². The fraction of sp³-hybridized carbons (Fsp3) is 0.0400. The predicted molar refractivity (Wildman–Crippen MR) is 128 cm³/mol. The molecular weight excluding hydrogens is 456 g/mol. The lowest BCUT2D eigenvalue weighted by atomic mass is 10.1. The molecule has 0 saturated heterocycles. The summed E-state index contributed by atoms with van der Waals surface area (Å²) in [5.41, 5.74) is -0.101. The Bertz CT molecular complexity index is 1500. The average Bonchev–Trinajstić information content (AvgIpc) is 2.85. The van der Waals surface area contributed by atoms with Gasteiger partial charge in [0.15, 0.2) is 0 Å². The predicted octanol–water partition coefficient (Wildman–Crippen LogP) is 4.69. The molecule has 2 heterocycles. The largest absolute Gasteiger partial charge is 0.497 e. The van der Waals surface area contributed by atoms with Gasteiger partial charge in [-0.15, -0.1) is 0 Å². The smallest absolute Gasteiger partial charge is 0.269 e. The van der Waals surface area contributed by atoms with E-state index in [9.17, 15) is 14.9 Å². The highest BCUT2D eigenvalue weighted by molar-refractivity contribution is 6.30. The molecule has 1 N–H and O–H groups in total. The summed E-state index contributed by atoms with van der Waals surface area (Å²) in [5, 5.41) is 12.8. The van der Waals surface area contributed by atoms with Crippen molar-refractivity contribution in [2.24, 2.45) is 0 Å². The summed E-state index contributed by atoms with van der Waals surface area (Å²) in [6, 6.07) is 20.0. The molecule has 8 nitrogen and oxygen atoms in total. The molecule has 4 aromatic rings. The van der Waals surface area contributed by atoms with Crippen LogP contribution in [0.3, 0.4) is 0 Å². The number of ether oxygens (including phenoxy) is 2. The minimum absolute atomic E-state index is 0.0551. The van der Waals surface area contributed by atoms with Crippen LogP contribution in [-0.4, -0.2) is 22.4 Å². The maximum absolute atomic E-state index is 13.2. The monoisotopic (exact) mass is 472 g/mol. The van der Waals surface area contributed by atoms with Crippen LogP contribution in [-0.2, 0) is 4.79 Å². The van der Waals surface area contributed by atoms with Gasteiger partial charge in [-0.2, -0.15) is 10.2 Å². The number of anilines is 1. The van der Waals surface area contributed by atoms with Crippen LogP contribution >= 0.6 is 11.6 Å². The van der Waals surface area contributed by atoms with Crippen LogP contribution in [0.5, 0.6) is 17.4 Å². The molecule has 0 saturated carbocycles. The van der Waals surface area contributed by atoms with Crippen molar-refractivity contribution < 1.29 is 14.3 Å². The Hall–Kier alpha value is -4.61. The number of carbonyl (C=O) groups excluding carboxylic acids is 1. The Morgan fingerprint density at radius 3 is 2.65 bits per heavy atom. The molecule has 0 aliphatic heterocycles. The Balaban J connectivity index is 1.78. The fourth-order valence-corrected chi connectivity index (χ4v) is 3.22. The number of nitrogens with one attached hydrogen (secondary N) is 1. The Kier molecular flexibility index (Phi) is 6.57. The van der Waals surface area contributed by atoms with E-state index in [1.54, 1.807) is 66.7 Å². The highest BCUT2D eigenvalue weighted by Gasteiger charge is 2.17. The summed E-state index contributed by atoms with van der Waals surface area (Å²) in [4.78, 5) is 30.4. The molecule has 0 bridgehead atoms. The van der Waals surface area contributed by atoms with E-state index in [1.165, 1.54) is 17.7 Å². The van der Waals surface area contributed by atoms with Crippen LogP contribution in [0.2, 0.25) is 5.02 Å². The molecule has 2 aromatic heterocycles. The van der Waals surface area contributed by atoms with E-state index in [0.717, 1.165) is 6.08 Å². The molecule has 0 spiro atoms. The molecule has 0 aliphatic rings. The van der Waals surface area contributed by atoms with E-state index in [2.05, 4.69) is 10.3 Å². The second-order valence-electron chi connectivity index (χ2n) is 6.98. The van der Waals surface area contributed by atoms with Gasteiger partial charge in [0, 0.05) is 23.0 Å². The van der Waals surface area contributed by atoms with Crippen molar-refractivity contribution >= 4 is 34.9 Å². The third-order valence-electron chi connectivity index (χ3n) is 4.74. The number of hydrogen-bond acceptors (Lipinski definition) is 6. The highest BCUT2D eigenvalue weighted by atomic mass is 35.5. The Morgan fingerprint density at radius 2 is 1.91 bits per heavy atom. The van der Waals surface area contributed by atoms with Crippen LogP contribution in [0.1, 0.15) is 5.56 Å². The number of carbonyl (C=O) groups is 1. The molecular formula is C25H17ClN4O4. The topological polar surface area (TPSA) is 106 Å². The number of aromatic nitrogens is 2. The number of amides is 1. The van der Waals surface area contributed by atoms with Gasteiger partial charge in [-0.1, -0.05) is 23.7 Å². The number of methoxy groups -OCH3 is 1. The number of halogens is 1. The Labute approximate surface area is 199 Å². The van der Waals surface area contributed by atoms with Crippen molar-refractivity contribution in [1.29, 1.82) is 5.26 Å². The lowest BCUT2D eigenvalue weighted by Gasteiger charge is -2.10. The molecule has 0 aliphatic carbocycles. The average molecular weight is 473 g/mol. The van der Waals surface area contributed by atoms with Gasteiger partial charge in [-0.3, -0.25) is 14.0 Å². The molecule has 0 radical (unpaired) electrons. The molecule has 2 aromatic carbocycles.